The summed E-state index contributed by atoms with van der Waals surface area (Å²) in [6.45, 7) is 0. The summed E-state index contributed by atoms with van der Waals surface area (Å²) in [5, 5.41) is 9.64. The van der Waals surface area contributed by atoms with Gasteiger partial charge in [0.2, 0.25) is 0 Å². The van der Waals surface area contributed by atoms with Gasteiger partial charge in [-0.3, -0.25) is 0 Å². The quantitative estimate of drug-likeness (QED) is 0.512. The van der Waals surface area contributed by atoms with E-state index in [1.165, 1.54) is 0 Å². The molecule has 1 aliphatic rings. The van der Waals surface area contributed by atoms with E-state index in [0.717, 1.165) is 12.8 Å². The molecule has 1 aliphatic carbocycles. The zero-order chi connectivity index (χ0) is 7.61. The van der Waals surface area contributed by atoms with Crippen molar-refractivity contribution in [2.45, 2.75) is 37.3 Å². The Balaban J connectivity index is 2.48. The first-order valence-corrected chi connectivity index (χ1v) is 3.58. The van der Waals surface area contributed by atoms with Crippen LogP contribution in [0.1, 0.15) is 25.7 Å². The molecule has 2 heteroatoms. The van der Waals surface area contributed by atoms with Gasteiger partial charge in [-0.2, -0.15) is 0 Å². The Morgan fingerprint density at radius 2 is 2.50 bits per heavy atom. The van der Waals surface area contributed by atoms with E-state index in [1.807, 2.05) is 0 Å². The minimum Gasteiger partial charge on any atom is -0.389 e. The Labute approximate surface area is 61.4 Å². The monoisotopic (exact) mass is 139 g/mol. The van der Waals surface area contributed by atoms with Gasteiger partial charge in [-0.05, 0) is 19.3 Å². The van der Waals surface area contributed by atoms with Gasteiger partial charge >= 0.3 is 0 Å². The van der Waals surface area contributed by atoms with Crippen LogP contribution in [0.4, 0.5) is 0 Å². The molecule has 0 saturated heterocycles. The molecule has 0 spiro atoms. The Kier molecular flexibility index (Phi) is 1.98. The Hall–Kier alpha value is -0.520. The van der Waals surface area contributed by atoms with Crippen LogP contribution in [0.25, 0.3) is 0 Å². The van der Waals surface area contributed by atoms with Gasteiger partial charge in [0, 0.05) is 12.5 Å². The molecular formula is C8H13NO. The standard InChI is InChI=1S/C8H13NO/c1-2-4-8(10)5-3-7(9)6-8/h1,7,10H,3-6,9H2. The van der Waals surface area contributed by atoms with Gasteiger partial charge in [0.1, 0.15) is 0 Å². The molecular weight excluding hydrogens is 126 g/mol. The van der Waals surface area contributed by atoms with Crippen LogP contribution in [-0.4, -0.2) is 16.7 Å². The maximum atomic E-state index is 9.64. The summed E-state index contributed by atoms with van der Waals surface area (Å²) in [7, 11) is 0. The average molecular weight is 139 g/mol. The van der Waals surface area contributed by atoms with Crippen molar-refractivity contribution in [2.24, 2.45) is 5.73 Å². The molecule has 0 aliphatic heterocycles. The molecule has 1 saturated carbocycles. The molecule has 0 bridgehead atoms. The molecule has 2 unspecified atom stereocenters. The van der Waals surface area contributed by atoms with Crippen molar-refractivity contribution in [1.29, 1.82) is 0 Å². The number of terminal acetylenes is 1. The summed E-state index contributed by atoms with van der Waals surface area (Å²) in [6, 6.07) is 0.151. The Morgan fingerprint density at radius 1 is 1.80 bits per heavy atom. The van der Waals surface area contributed by atoms with Gasteiger partial charge in [-0.15, -0.1) is 12.3 Å². The summed E-state index contributed by atoms with van der Waals surface area (Å²) < 4.78 is 0. The van der Waals surface area contributed by atoms with E-state index in [1.54, 1.807) is 0 Å². The summed E-state index contributed by atoms with van der Waals surface area (Å²) in [4.78, 5) is 0. The predicted octanol–water partition coefficient (Wildman–Crippen LogP) is 0.252. The Morgan fingerprint density at radius 3 is 2.90 bits per heavy atom. The molecule has 56 valence electrons. The van der Waals surface area contributed by atoms with E-state index in [2.05, 4.69) is 5.92 Å². The third-order valence-corrected chi connectivity index (χ3v) is 2.05. The first kappa shape index (κ1) is 7.59. The lowest BCUT2D eigenvalue weighted by molar-refractivity contribution is 0.0519. The summed E-state index contributed by atoms with van der Waals surface area (Å²) in [6.07, 6.45) is 7.86. The van der Waals surface area contributed by atoms with E-state index < -0.39 is 5.60 Å². The first-order valence-electron chi connectivity index (χ1n) is 3.58. The van der Waals surface area contributed by atoms with Crippen molar-refractivity contribution in [1.82, 2.24) is 0 Å². The minimum atomic E-state index is -0.645. The third kappa shape index (κ3) is 1.50. The van der Waals surface area contributed by atoms with Crippen molar-refractivity contribution in [3.05, 3.63) is 0 Å². The van der Waals surface area contributed by atoms with Gasteiger partial charge in [0.05, 0.1) is 5.60 Å². The van der Waals surface area contributed by atoms with Crippen LogP contribution < -0.4 is 5.73 Å². The van der Waals surface area contributed by atoms with E-state index in [4.69, 9.17) is 12.2 Å². The molecule has 0 aromatic heterocycles. The van der Waals surface area contributed by atoms with Crippen molar-refractivity contribution < 1.29 is 5.11 Å². The van der Waals surface area contributed by atoms with Crippen molar-refractivity contribution >= 4 is 0 Å². The highest BCUT2D eigenvalue weighted by Gasteiger charge is 2.34. The minimum absolute atomic E-state index is 0.151. The number of hydrogen-bond acceptors (Lipinski definition) is 2. The molecule has 0 aromatic rings. The van der Waals surface area contributed by atoms with Crippen LogP contribution in [0, 0.1) is 12.3 Å². The fourth-order valence-electron chi connectivity index (χ4n) is 1.50. The fourth-order valence-corrected chi connectivity index (χ4v) is 1.50. The molecule has 2 atom stereocenters. The molecule has 0 amide bonds. The second kappa shape index (κ2) is 2.61. The van der Waals surface area contributed by atoms with Crippen LogP contribution >= 0.6 is 0 Å². The number of rotatable bonds is 1. The highest BCUT2D eigenvalue weighted by atomic mass is 16.3. The van der Waals surface area contributed by atoms with E-state index in [0.29, 0.717) is 12.8 Å². The van der Waals surface area contributed by atoms with Gasteiger partial charge < -0.3 is 10.8 Å². The first-order chi connectivity index (χ1) is 4.66. The largest absolute Gasteiger partial charge is 0.389 e. The van der Waals surface area contributed by atoms with Gasteiger partial charge in [0.15, 0.2) is 0 Å². The fraction of sp³-hybridized carbons (Fsp3) is 0.750. The molecule has 2 nitrogen and oxygen atoms in total. The van der Waals surface area contributed by atoms with Crippen LogP contribution in [0.15, 0.2) is 0 Å². The molecule has 0 aromatic carbocycles. The molecule has 0 radical (unpaired) electrons. The van der Waals surface area contributed by atoms with Crippen LogP contribution in [0.5, 0.6) is 0 Å². The maximum Gasteiger partial charge on any atom is 0.0771 e. The number of hydrogen-bond donors (Lipinski definition) is 2. The van der Waals surface area contributed by atoms with Gasteiger partial charge in [-0.1, -0.05) is 0 Å². The Bertz CT molecular complexity index is 161. The summed E-state index contributed by atoms with van der Waals surface area (Å²) >= 11 is 0. The molecule has 10 heavy (non-hydrogen) atoms. The normalized spacial score (nSPS) is 39.5. The van der Waals surface area contributed by atoms with Crippen LogP contribution in [-0.2, 0) is 0 Å². The second-order valence-corrected chi connectivity index (χ2v) is 3.11. The third-order valence-electron chi connectivity index (χ3n) is 2.05. The van der Waals surface area contributed by atoms with Gasteiger partial charge in [0.25, 0.3) is 0 Å². The molecule has 0 heterocycles. The lowest BCUT2D eigenvalue weighted by atomic mass is 9.98. The topological polar surface area (TPSA) is 46.2 Å². The lowest BCUT2D eigenvalue weighted by Crippen LogP contribution is -2.27. The predicted molar refractivity (Wildman–Crippen MR) is 40.2 cm³/mol. The van der Waals surface area contributed by atoms with Crippen LogP contribution in [0.3, 0.4) is 0 Å². The molecule has 1 fully saturated rings. The highest BCUT2D eigenvalue weighted by molar-refractivity contribution is 5.00. The van der Waals surface area contributed by atoms with Crippen LogP contribution in [0.2, 0.25) is 0 Å². The number of aliphatic hydroxyl groups is 1. The molecule has 1 rings (SSSR count). The second-order valence-electron chi connectivity index (χ2n) is 3.11. The van der Waals surface area contributed by atoms with Crippen molar-refractivity contribution in [2.75, 3.05) is 0 Å². The van der Waals surface area contributed by atoms with Gasteiger partial charge in [-0.25, -0.2) is 0 Å². The highest BCUT2D eigenvalue weighted by Crippen LogP contribution is 2.30. The van der Waals surface area contributed by atoms with E-state index in [9.17, 15) is 5.11 Å². The summed E-state index contributed by atoms with van der Waals surface area (Å²) in [5.74, 6) is 2.47. The maximum absolute atomic E-state index is 9.64. The number of nitrogens with two attached hydrogens (primary N) is 1. The SMILES string of the molecule is C#CCC1(O)CCC(N)C1. The average Bonchev–Trinajstić information content (AvgIpc) is 2.12. The van der Waals surface area contributed by atoms with E-state index >= 15 is 0 Å². The molecule has 3 N–H and O–H groups in total. The lowest BCUT2D eigenvalue weighted by Gasteiger charge is -2.18. The van der Waals surface area contributed by atoms with Crippen molar-refractivity contribution in [3.63, 3.8) is 0 Å². The zero-order valence-corrected chi connectivity index (χ0v) is 6.01. The van der Waals surface area contributed by atoms with Crippen molar-refractivity contribution in [3.8, 4) is 12.3 Å². The zero-order valence-electron chi connectivity index (χ0n) is 6.01. The summed E-state index contributed by atoms with van der Waals surface area (Å²) in [5.41, 5.74) is 4.97. The van der Waals surface area contributed by atoms with E-state index in [-0.39, 0.29) is 6.04 Å². The smallest absolute Gasteiger partial charge is 0.0771 e.